The van der Waals surface area contributed by atoms with Crippen LogP contribution < -0.4 is 21.3 Å². The summed E-state index contributed by atoms with van der Waals surface area (Å²) in [4.78, 5) is 0. The summed E-state index contributed by atoms with van der Waals surface area (Å²) in [6.45, 7) is 0.685. The third-order valence-corrected chi connectivity index (χ3v) is 7.44. The summed E-state index contributed by atoms with van der Waals surface area (Å²) in [6.07, 6.45) is -8.84. The maximum atomic E-state index is 12.9. The maximum Gasteiger partial charge on any atom is 0.416 e. The topological polar surface area (TPSA) is 48.1 Å². The highest BCUT2D eigenvalue weighted by Gasteiger charge is 2.30. The molecule has 0 aliphatic carbocycles. The van der Waals surface area contributed by atoms with Gasteiger partial charge in [0.15, 0.2) is 10.2 Å². The van der Waals surface area contributed by atoms with Gasteiger partial charge in [-0.15, -0.1) is 0 Å². The van der Waals surface area contributed by atoms with Gasteiger partial charge in [-0.25, -0.2) is 0 Å². The van der Waals surface area contributed by atoms with Gasteiger partial charge in [-0.2, -0.15) is 26.3 Å². The lowest BCUT2D eigenvalue weighted by Gasteiger charge is -2.19. The van der Waals surface area contributed by atoms with Crippen LogP contribution in [0.4, 0.5) is 37.7 Å². The number of fused-ring (bicyclic) bond motifs is 2. The van der Waals surface area contributed by atoms with Crippen LogP contribution in [0, 0.1) is 0 Å². The fourth-order valence-corrected chi connectivity index (χ4v) is 5.24. The standard InChI is InChI=1S/C32H24F6N4S2/c33-31(34,35)19-9-13-21(14-10-19)41-29(43)39-17-27-23-5-1-2-6-24(23)28(26-8-4-3-7-25(26)27)18-40-30(44)42-22-15-11-20(12-16-22)32(36,37)38/h1-16H,17-18H2,(H2,39,41,43)(H2,40,42,44). The van der Waals surface area contributed by atoms with E-state index in [9.17, 15) is 26.3 Å². The van der Waals surface area contributed by atoms with Crippen molar-refractivity contribution in [1.82, 2.24) is 10.6 Å². The summed E-state index contributed by atoms with van der Waals surface area (Å²) in [7, 11) is 0. The van der Waals surface area contributed by atoms with Gasteiger partial charge in [0.25, 0.3) is 0 Å². The molecule has 0 aromatic heterocycles. The molecule has 4 nitrogen and oxygen atoms in total. The number of hydrogen-bond acceptors (Lipinski definition) is 2. The average molecular weight is 643 g/mol. The first-order valence-corrected chi connectivity index (χ1v) is 14.1. The van der Waals surface area contributed by atoms with Crippen LogP contribution in [0.3, 0.4) is 0 Å². The van der Waals surface area contributed by atoms with E-state index in [2.05, 4.69) is 21.3 Å². The Kier molecular flexibility index (Phi) is 8.93. The van der Waals surface area contributed by atoms with Crippen molar-refractivity contribution in [3.63, 3.8) is 0 Å². The number of alkyl halides is 6. The van der Waals surface area contributed by atoms with E-state index in [1.165, 1.54) is 24.3 Å². The van der Waals surface area contributed by atoms with Gasteiger partial charge in [0.2, 0.25) is 0 Å². The van der Waals surface area contributed by atoms with Crippen LogP contribution in [0.25, 0.3) is 21.5 Å². The lowest BCUT2D eigenvalue weighted by molar-refractivity contribution is -0.138. The number of thiocarbonyl (C=S) groups is 2. The van der Waals surface area contributed by atoms with Crippen LogP contribution in [0.2, 0.25) is 0 Å². The van der Waals surface area contributed by atoms with Crippen LogP contribution in [0.15, 0.2) is 97.1 Å². The molecular formula is C32H24F6N4S2. The van der Waals surface area contributed by atoms with E-state index < -0.39 is 23.5 Å². The van der Waals surface area contributed by atoms with Crippen molar-refractivity contribution in [2.24, 2.45) is 0 Å². The van der Waals surface area contributed by atoms with E-state index >= 15 is 0 Å². The van der Waals surface area contributed by atoms with Gasteiger partial charge in [0, 0.05) is 24.5 Å². The summed E-state index contributed by atoms with van der Waals surface area (Å²) in [6, 6.07) is 24.9. The molecule has 12 heteroatoms. The fourth-order valence-electron chi connectivity index (χ4n) is 4.86. The number of benzene rings is 5. The molecule has 0 atom stereocenters. The Hall–Kier alpha value is -4.42. The molecule has 0 aliphatic rings. The van der Waals surface area contributed by atoms with E-state index in [1.807, 2.05) is 48.5 Å². The third-order valence-electron chi connectivity index (χ3n) is 6.95. The molecule has 0 saturated carbocycles. The zero-order valence-electron chi connectivity index (χ0n) is 22.7. The smallest absolute Gasteiger partial charge is 0.358 e. The summed E-state index contributed by atoms with van der Waals surface area (Å²) in [5, 5.41) is 16.6. The van der Waals surface area contributed by atoms with Gasteiger partial charge in [0.1, 0.15) is 0 Å². The molecule has 5 aromatic carbocycles. The highest BCUT2D eigenvalue weighted by Crippen LogP contribution is 2.34. The zero-order valence-corrected chi connectivity index (χ0v) is 24.4. The molecule has 5 rings (SSSR count). The Morgan fingerprint density at radius 2 is 0.773 bits per heavy atom. The molecule has 0 spiro atoms. The first-order chi connectivity index (χ1) is 20.9. The van der Waals surface area contributed by atoms with Gasteiger partial charge in [0.05, 0.1) is 11.1 Å². The predicted molar refractivity (Wildman–Crippen MR) is 170 cm³/mol. The van der Waals surface area contributed by atoms with Gasteiger partial charge < -0.3 is 21.3 Å². The van der Waals surface area contributed by atoms with E-state index in [1.54, 1.807) is 0 Å². The molecule has 0 radical (unpaired) electrons. The summed E-state index contributed by atoms with van der Waals surface area (Å²) in [5.41, 5.74) is 1.31. The minimum atomic E-state index is -4.42. The highest BCUT2D eigenvalue weighted by atomic mass is 32.1. The third kappa shape index (κ3) is 7.20. The summed E-state index contributed by atoms with van der Waals surface area (Å²) < 4.78 is 77.4. The molecule has 0 saturated heterocycles. The van der Waals surface area contributed by atoms with E-state index in [0.29, 0.717) is 24.5 Å². The van der Waals surface area contributed by atoms with Crippen LogP contribution in [-0.4, -0.2) is 10.2 Å². The molecule has 5 aromatic rings. The molecular weight excluding hydrogens is 619 g/mol. The predicted octanol–water partition coefficient (Wildman–Crippen LogP) is 9.00. The second-order valence-electron chi connectivity index (χ2n) is 9.81. The van der Waals surface area contributed by atoms with E-state index in [-0.39, 0.29) is 10.2 Å². The van der Waals surface area contributed by atoms with Crippen LogP contribution in [0.1, 0.15) is 22.3 Å². The van der Waals surface area contributed by atoms with Gasteiger partial charge in [-0.05, 0) is 106 Å². The SMILES string of the molecule is FC(F)(F)c1ccc(NC(=S)NCc2c3ccccc3c(CNC(=S)Nc3ccc(C(F)(F)F)cc3)c3ccccc23)cc1. The van der Waals surface area contributed by atoms with Crippen molar-refractivity contribution < 1.29 is 26.3 Å². The molecule has 0 bridgehead atoms. The highest BCUT2D eigenvalue weighted by molar-refractivity contribution is 7.80. The Morgan fingerprint density at radius 1 is 0.477 bits per heavy atom. The Morgan fingerprint density at radius 3 is 1.05 bits per heavy atom. The maximum absolute atomic E-state index is 12.9. The van der Waals surface area contributed by atoms with Gasteiger partial charge in [-0.3, -0.25) is 0 Å². The first kappa shape index (κ1) is 31.0. The van der Waals surface area contributed by atoms with Crippen molar-refractivity contribution >= 4 is 67.6 Å². The Bertz CT molecular complexity index is 1630. The lowest BCUT2D eigenvalue weighted by atomic mass is 9.91. The van der Waals surface area contributed by atoms with Gasteiger partial charge in [-0.1, -0.05) is 48.5 Å². The summed E-state index contributed by atoms with van der Waals surface area (Å²) >= 11 is 10.9. The largest absolute Gasteiger partial charge is 0.416 e. The molecule has 4 N–H and O–H groups in total. The van der Waals surface area contributed by atoms with Crippen molar-refractivity contribution in [3.8, 4) is 0 Å². The molecule has 0 amide bonds. The molecule has 0 heterocycles. The minimum absolute atomic E-state index is 0.253. The van der Waals surface area contributed by atoms with Crippen molar-refractivity contribution in [3.05, 3.63) is 119 Å². The Labute approximate surface area is 259 Å². The van der Waals surface area contributed by atoms with Crippen molar-refractivity contribution in [2.75, 3.05) is 10.6 Å². The van der Waals surface area contributed by atoms with Gasteiger partial charge >= 0.3 is 12.4 Å². The van der Waals surface area contributed by atoms with E-state index in [0.717, 1.165) is 56.9 Å². The lowest BCUT2D eigenvalue weighted by Crippen LogP contribution is -2.29. The quantitative estimate of drug-likeness (QED) is 0.0843. The van der Waals surface area contributed by atoms with E-state index in [4.69, 9.17) is 24.4 Å². The first-order valence-electron chi connectivity index (χ1n) is 13.3. The number of rotatable bonds is 6. The number of nitrogens with one attached hydrogen (secondary N) is 4. The average Bonchev–Trinajstić information content (AvgIpc) is 2.98. The normalized spacial score (nSPS) is 11.8. The second-order valence-corrected chi connectivity index (χ2v) is 10.6. The minimum Gasteiger partial charge on any atom is -0.358 e. The molecule has 0 fully saturated rings. The monoisotopic (exact) mass is 642 g/mol. The number of halogens is 6. The number of hydrogen-bond donors (Lipinski definition) is 4. The Balaban J connectivity index is 1.33. The van der Waals surface area contributed by atoms with Crippen LogP contribution in [-0.2, 0) is 25.4 Å². The number of anilines is 2. The van der Waals surface area contributed by atoms with Crippen molar-refractivity contribution in [2.45, 2.75) is 25.4 Å². The van der Waals surface area contributed by atoms with Crippen LogP contribution in [0.5, 0.6) is 0 Å². The molecule has 226 valence electrons. The fraction of sp³-hybridized carbons (Fsp3) is 0.125. The molecule has 0 aliphatic heterocycles. The van der Waals surface area contributed by atoms with Crippen LogP contribution >= 0.6 is 24.4 Å². The van der Waals surface area contributed by atoms with Crippen molar-refractivity contribution in [1.29, 1.82) is 0 Å². The molecule has 0 unspecified atom stereocenters. The molecule has 44 heavy (non-hydrogen) atoms. The second kappa shape index (κ2) is 12.7. The zero-order chi connectivity index (χ0) is 31.5. The summed E-state index contributed by atoms with van der Waals surface area (Å²) in [5.74, 6) is 0.